The summed E-state index contributed by atoms with van der Waals surface area (Å²) in [4.78, 5) is 17.2. The molecule has 0 N–H and O–H groups in total. The van der Waals surface area contributed by atoms with Crippen molar-refractivity contribution in [1.29, 1.82) is 0 Å². The van der Waals surface area contributed by atoms with E-state index < -0.39 is 0 Å². The highest BCUT2D eigenvalue weighted by molar-refractivity contribution is 7.25. The van der Waals surface area contributed by atoms with Crippen LogP contribution in [0.15, 0.2) is 175 Å². The van der Waals surface area contributed by atoms with Crippen molar-refractivity contribution in [3.05, 3.63) is 192 Å². The van der Waals surface area contributed by atoms with E-state index in [-0.39, 0.29) is 5.92 Å². The van der Waals surface area contributed by atoms with Crippen LogP contribution in [0, 0.1) is 0 Å². The molecule has 0 radical (unpaired) electrons. The fourth-order valence-electron chi connectivity index (χ4n) is 9.15. The first-order valence-corrected chi connectivity index (χ1v) is 19.7. The fraction of sp³-hybridized carbons (Fsp3) is 0.0392. The third-order valence-electron chi connectivity index (χ3n) is 11.6. The molecular formula is C51H31N3S. The first-order chi connectivity index (χ1) is 27.3. The lowest BCUT2D eigenvalue weighted by Crippen LogP contribution is -2.18. The second-order valence-electron chi connectivity index (χ2n) is 14.6. The van der Waals surface area contributed by atoms with Gasteiger partial charge in [-0.3, -0.25) is 0 Å². The molecule has 9 aromatic rings. The van der Waals surface area contributed by atoms with Crippen LogP contribution in [0.1, 0.15) is 22.6 Å². The summed E-state index contributed by atoms with van der Waals surface area (Å²) in [7, 11) is 0. The SMILES string of the molecule is C1=CC2=CCc3ccc(-c4cc(-c5ccccc5)nc(-c5ccc(-c6nc7sc8ccccc8c7c7ccccc67)c6ccccc56)n4)c4c3C2C(=C1)C=C4. The Morgan fingerprint density at radius 1 is 0.545 bits per heavy atom. The minimum Gasteiger partial charge on any atom is -0.236 e. The smallest absolute Gasteiger partial charge is 0.161 e. The van der Waals surface area contributed by atoms with Crippen molar-refractivity contribution >= 4 is 59.3 Å². The number of allylic oxidation sites excluding steroid dienone is 7. The normalized spacial score (nSPS) is 15.5. The molecule has 0 bridgehead atoms. The zero-order valence-corrected chi connectivity index (χ0v) is 30.5. The van der Waals surface area contributed by atoms with Gasteiger partial charge in [-0.25, -0.2) is 15.0 Å². The van der Waals surface area contributed by atoms with Crippen molar-refractivity contribution in [2.45, 2.75) is 12.3 Å². The Labute approximate surface area is 322 Å². The molecule has 256 valence electrons. The minimum atomic E-state index is 0.275. The molecule has 55 heavy (non-hydrogen) atoms. The van der Waals surface area contributed by atoms with Gasteiger partial charge in [-0.05, 0) is 68.6 Å². The first-order valence-electron chi connectivity index (χ1n) is 18.9. The Kier molecular flexibility index (Phi) is 6.63. The van der Waals surface area contributed by atoms with Gasteiger partial charge in [0, 0.05) is 49.0 Å². The molecule has 4 heteroatoms. The van der Waals surface area contributed by atoms with E-state index in [0.717, 1.165) is 66.7 Å². The highest BCUT2D eigenvalue weighted by atomic mass is 32.1. The quantitative estimate of drug-likeness (QED) is 0.182. The molecule has 0 amide bonds. The maximum Gasteiger partial charge on any atom is 0.161 e. The predicted octanol–water partition coefficient (Wildman–Crippen LogP) is 13.3. The van der Waals surface area contributed by atoms with Crippen molar-refractivity contribution in [2.24, 2.45) is 0 Å². The van der Waals surface area contributed by atoms with Gasteiger partial charge >= 0.3 is 0 Å². The number of hydrogen-bond donors (Lipinski definition) is 0. The first kappa shape index (κ1) is 30.7. The van der Waals surface area contributed by atoms with Gasteiger partial charge in [0.15, 0.2) is 5.82 Å². The lowest BCUT2D eigenvalue weighted by Gasteiger charge is -2.34. The van der Waals surface area contributed by atoms with Crippen LogP contribution in [-0.2, 0) is 6.42 Å². The standard InChI is InChI=1S/C51H31N3S/c1-2-11-30(12-3-1)43-29-44(36-25-23-33-22-21-31-13-10-14-32-24-26-38(36)47(33)46(31)32)53-50(52-43)41-28-27-40(34-15-4-5-16-35(34)41)49-39-18-7-6-17-37(39)48-42-19-8-9-20-45(42)55-51(48)54-49/h1-21,23-29,46H,22H2. The van der Waals surface area contributed by atoms with E-state index in [9.17, 15) is 0 Å². The zero-order chi connectivity index (χ0) is 36.0. The van der Waals surface area contributed by atoms with Crippen molar-refractivity contribution in [3.63, 3.8) is 0 Å². The topological polar surface area (TPSA) is 38.7 Å². The second kappa shape index (κ2) is 11.9. The second-order valence-corrected chi connectivity index (χ2v) is 15.6. The summed E-state index contributed by atoms with van der Waals surface area (Å²) in [5, 5.41) is 7.11. The molecule has 1 atom stereocenters. The monoisotopic (exact) mass is 717 g/mol. The van der Waals surface area contributed by atoms with E-state index in [4.69, 9.17) is 15.0 Å². The summed E-state index contributed by atoms with van der Waals surface area (Å²) in [5.74, 6) is 0.986. The van der Waals surface area contributed by atoms with Crippen LogP contribution in [0.3, 0.4) is 0 Å². The summed E-state index contributed by atoms with van der Waals surface area (Å²) in [6, 6.07) is 47.7. The third kappa shape index (κ3) is 4.65. The fourth-order valence-corrected chi connectivity index (χ4v) is 10.2. The van der Waals surface area contributed by atoms with E-state index in [2.05, 4.69) is 170 Å². The summed E-state index contributed by atoms with van der Waals surface area (Å²) in [6.07, 6.45) is 14.7. The van der Waals surface area contributed by atoms with Crippen LogP contribution in [0.4, 0.5) is 0 Å². The Balaban J connectivity index is 1.08. The van der Waals surface area contributed by atoms with Crippen molar-refractivity contribution < 1.29 is 0 Å². The number of rotatable bonds is 4. The van der Waals surface area contributed by atoms with Crippen molar-refractivity contribution in [1.82, 2.24) is 15.0 Å². The maximum absolute atomic E-state index is 5.44. The molecule has 3 aromatic heterocycles. The summed E-state index contributed by atoms with van der Waals surface area (Å²) < 4.78 is 1.26. The van der Waals surface area contributed by atoms with E-state index in [0.29, 0.717) is 5.82 Å². The van der Waals surface area contributed by atoms with Crippen LogP contribution in [-0.4, -0.2) is 15.0 Å². The van der Waals surface area contributed by atoms with Crippen LogP contribution in [0.5, 0.6) is 0 Å². The van der Waals surface area contributed by atoms with Crippen LogP contribution < -0.4 is 0 Å². The van der Waals surface area contributed by atoms with Gasteiger partial charge in [-0.1, -0.05) is 152 Å². The molecule has 3 aliphatic rings. The molecule has 1 unspecified atom stereocenters. The molecule has 12 rings (SSSR count). The lowest BCUT2D eigenvalue weighted by atomic mass is 9.70. The molecule has 0 aliphatic heterocycles. The summed E-state index contributed by atoms with van der Waals surface area (Å²) >= 11 is 1.76. The van der Waals surface area contributed by atoms with Gasteiger partial charge in [0.25, 0.3) is 0 Å². The largest absolute Gasteiger partial charge is 0.236 e. The summed E-state index contributed by atoms with van der Waals surface area (Å²) in [6.45, 7) is 0. The van der Waals surface area contributed by atoms with E-state index in [1.54, 1.807) is 11.3 Å². The number of benzene rings is 6. The summed E-state index contributed by atoms with van der Waals surface area (Å²) in [5.41, 5.74) is 14.0. The molecule has 0 spiro atoms. The van der Waals surface area contributed by atoms with Crippen molar-refractivity contribution in [3.8, 4) is 45.2 Å². The van der Waals surface area contributed by atoms with Gasteiger partial charge in [0.1, 0.15) is 4.83 Å². The van der Waals surface area contributed by atoms with Crippen LogP contribution >= 0.6 is 11.3 Å². The minimum absolute atomic E-state index is 0.275. The molecule has 6 aromatic carbocycles. The molecule has 0 saturated heterocycles. The Bertz CT molecular complexity index is 3230. The molecule has 0 saturated carbocycles. The Hall–Kier alpha value is -6.75. The number of hydrogen-bond acceptors (Lipinski definition) is 4. The van der Waals surface area contributed by atoms with E-state index in [1.165, 1.54) is 48.7 Å². The van der Waals surface area contributed by atoms with Gasteiger partial charge in [-0.2, -0.15) is 0 Å². The number of nitrogens with zero attached hydrogens (tertiary/aromatic N) is 3. The number of aromatic nitrogens is 3. The predicted molar refractivity (Wildman–Crippen MR) is 230 cm³/mol. The number of pyridine rings is 1. The van der Waals surface area contributed by atoms with E-state index >= 15 is 0 Å². The van der Waals surface area contributed by atoms with Gasteiger partial charge in [0.2, 0.25) is 0 Å². The van der Waals surface area contributed by atoms with Gasteiger partial charge < -0.3 is 0 Å². The zero-order valence-electron chi connectivity index (χ0n) is 29.7. The highest BCUT2D eigenvalue weighted by Gasteiger charge is 2.32. The average molecular weight is 718 g/mol. The third-order valence-corrected chi connectivity index (χ3v) is 12.7. The molecule has 0 fully saturated rings. The van der Waals surface area contributed by atoms with Crippen LogP contribution in [0.2, 0.25) is 0 Å². The molecular weight excluding hydrogens is 687 g/mol. The Morgan fingerprint density at radius 2 is 1.25 bits per heavy atom. The number of thiophene rings is 1. The van der Waals surface area contributed by atoms with Crippen LogP contribution in [0.25, 0.3) is 93.1 Å². The van der Waals surface area contributed by atoms with Crippen molar-refractivity contribution in [2.75, 3.05) is 0 Å². The van der Waals surface area contributed by atoms with Gasteiger partial charge in [-0.15, -0.1) is 11.3 Å². The molecule has 3 aliphatic carbocycles. The number of fused-ring (bicyclic) bond motifs is 6. The van der Waals surface area contributed by atoms with E-state index in [1.807, 2.05) is 0 Å². The molecule has 3 nitrogen and oxygen atoms in total. The highest BCUT2D eigenvalue weighted by Crippen LogP contribution is 2.49. The molecule has 3 heterocycles. The maximum atomic E-state index is 5.44. The average Bonchev–Trinajstić information content (AvgIpc) is 3.64. The van der Waals surface area contributed by atoms with Gasteiger partial charge in [0.05, 0.1) is 17.1 Å². The lowest BCUT2D eigenvalue weighted by molar-refractivity contribution is 0.892. The Morgan fingerprint density at radius 3 is 2.13 bits per heavy atom.